The summed E-state index contributed by atoms with van der Waals surface area (Å²) in [5, 5.41) is 1.02. The van der Waals surface area contributed by atoms with Crippen molar-refractivity contribution < 1.29 is 9.47 Å². The largest absolute Gasteiger partial charge is 0.497 e. The minimum atomic E-state index is 0.727. The molecule has 0 unspecified atom stereocenters. The van der Waals surface area contributed by atoms with Gasteiger partial charge in [0.25, 0.3) is 0 Å². The van der Waals surface area contributed by atoms with Crippen molar-refractivity contribution in [2.24, 2.45) is 0 Å². The lowest BCUT2D eigenvalue weighted by molar-refractivity contribution is 0.321. The van der Waals surface area contributed by atoms with Gasteiger partial charge in [-0.05, 0) is 24.6 Å². The molecule has 2 aromatic rings. The third kappa shape index (κ3) is 2.08. The van der Waals surface area contributed by atoms with Crippen molar-refractivity contribution in [3.05, 3.63) is 30.5 Å². The number of ether oxygens (including phenoxy) is 2. The summed E-state index contributed by atoms with van der Waals surface area (Å²) in [6.45, 7) is 2.82. The second-order valence-corrected chi connectivity index (χ2v) is 3.54. The zero-order valence-electron chi connectivity index (χ0n) is 9.56. The highest BCUT2D eigenvalue weighted by molar-refractivity contribution is 5.85. The van der Waals surface area contributed by atoms with Gasteiger partial charge in [-0.15, -0.1) is 0 Å². The van der Waals surface area contributed by atoms with Gasteiger partial charge in [0.1, 0.15) is 11.5 Å². The molecule has 3 heteroatoms. The Morgan fingerprint density at radius 1 is 1.25 bits per heavy atom. The third-order valence-corrected chi connectivity index (χ3v) is 2.37. The zero-order chi connectivity index (χ0) is 11.4. The number of nitrogens with zero attached hydrogens (tertiary/aromatic N) is 1. The summed E-state index contributed by atoms with van der Waals surface area (Å²) in [4.78, 5) is 4.30. The molecule has 0 spiro atoms. The zero-order valence-corrected chi connectivity index (χ0v) is 9.56. The fraction of sp³-hybridized carbons (Fsp3) is 0.308. The SMILES string of the molecule is CCCOc1ccnc2cc(OC)ccc12. The van der Waals surface area contributed by atoms with Gasteiger partial charge in [-0.25, -0.2) is 0 Å². The summed E-state index contributed by atoms with van der Waals surface area (Å²) >= 11 is 0. The summed E-state index contributed by atoms with van der Waals surface area (Å²) < 4.78 is 10.8. The molecule has 3 nitrogen and oxygen atoms in total. The van der Waals surface area contributed by atoms with Crippen LogP contribution in [0.1, 0.15) is 13.3 Å². The van der Waals surface area contributed by atoms with E-state index in [0.717, 1.165) is 35.4 Å². The van der Waals surface area contributed by atoms with Gasteiger partial charge in [-0.1, -0.05) is 6.92 Å². The van der Waals surface area contributed by atoms with Crippen molar-refractivity contribution in [3.8, 4) is 11.5 Å². The number of hydrogen-bond donors (Lipinski definition) is 0. The number of aromatic nitrogens is 1. The van der Waals surface area contributed by atoms with E-state index in [-0.39, 0.29) is 0 Å². The topological polar surface area (TPSA) is 31.4 Å². The fourth-order valence-electron chi connectivity index (χ4n) is 1.57. The van der Waals surface area contributed by atoms with E-state index in [0.29, 0.717) is 0 Å². The molecule has 0 fully saturated rings. The van der Waals surface area contributed by atoms with Crippen LogP contribution < -0.4 is 9.47 Å². The lowest BCUT2D eigenvalue weighted by Gasteiger charge is -2.08. The van der Waals surface area contributed by atoms with Crippen LogP contribution in [0.15, 0.2) is 30.5 Å². The Kier molecular flexibility index (Phi) is 3.25. The van der Waals surface area contributed by atoms with E-state index in [9.17, 15) is 0 Å². The number of methoxy groups -OCH3 is 1. The normalized spacial score (nSPS) is 10.4. The van der Waals surface area contributed by atoms with E-state index in [2.05, 4.69) is 11.9 Å². The summed E-state index contributed by atoms with van der Waals surface area (Å²) in [5.74, 6) is 1.70. The van der Waals surface area contributed by atoms with E-state index in [1.807, 2.05) is 24.3 Å². The Hall–Kier alpha value is -1.77. The van der Waals surface area contributed by atoms with Gasteiger partial charge < -0.3 is 9.47 Å². The summed E-state index contributed by atoms with van der Waals surface area (Å²) in [6.07, 6.45) is 2.76. The molecule has 0 aliphatic rings. The Morgan fingerprint density at radius 3 is 2.88 bits per heavy atom. The fourth-order valence-corrected chi connectivity index (χ4v) is 1.57. The molecule has 0 saturated heterocycles. The van der Waals surface area contributed by atoms with Crippen molar-refractivity contribution in [3.63, 3.8) is 0 Å². The van der Waals surface area contributed by atoms with Gasteiger partial charge >= 0.3 is 0 Å². The second-order valence-electron chi connectivity index (χ2n) is 3.54. The molecular formula is C13H15NO2. The minimum Gasteiger partial charge on any atom is -0.497 e. The van der Waals surface area contributed by atoms with Crippen molar-refractivity contribution in [2.75, 3.05) is 13.7 Å². The van der Waals surface area contributed by atoms with Crippen LogP contribution >= 0.6 is 0 Å². The average Bonchev–Trinajstić information content (AvgIpc) is 2.35. The van der Waals surface area contributed by atoms with Crippen LogP contribution in [-0.4, -0.2) is 18.7 Å². The highest BCUT2D eigenvalue weighted by Crippen LogP contribution is 2.26. The Balaban J connectivity index is 2.43. The van der Waals surface area contributed by atoms with E-state index in [4.69, 9.17) is 9.47 Å². The minimum absolute atomic E-state index is 0.727. The molecule has 1 heterocycles. The Morgan fingerprint density at radius 2 is 2.12 bits per heavy atom. The van der Waals surface area contributed by atoms with Crippen LogP contribution in [0.5, 0.6) is 11.5 Å². The van der Waals surface area contributed by atoms with Gasteiger partial charge in [-0.2, -0.15) is 0 Å². The third-order valence-electron chi connectivity index (χ3n) is 2.37. The van der Waals surface area contributed by atoms with Crippen molar-refractivity contribution in [2.45, 2.75) is 13.3 Å². The van der Waals surface area contributed by atoms with Crippen LogP contribution in [0.25, 0.3) is 10.9 Å². The van der Waals surface area contributed by atoms with E-state index in [1.54, 1.807) is 13.3 Å². The van der Waals surface area contributed by atoms with Crippen LogP contribution in [-0.2, 0) is 0 Å². The summed E-state index contributed by atoms with van der Waals surface area (Å²) in [5.41, 5.74) is 0.896. The molecule has 1 aromatic heterocycles. The van der Waals surface area contributed by atoms with Crippen LogP contribution in [0.2, 0.25) is 0 Å². The number of rotatable bonds is 4. The van der Waals surface area contributed by atoms with E-state index >= 15 is 0 Å². The van der Waals surface area contributed by atoms with Gasteiger partial charge in [0.15, 0.2) is 0 Å². The standard InChI is InChI=1S/C13H15NO2/c1-3-8-16-13-6-7-14-12-9-10(15-2)4-5-11(12)13/h4-7,9H,3,8H2,1-2H3. The maximum atomic E-state index is 5.66. The first-order chi connectivity index (χ1) is 7.85. The molecule has 0 amide bonds. The molecule has 0 radical (unpaired) electrons. The predicted octanol–water partition coefficient (Wildman–Crippen LogP) is 3.03. The van der Waals surface area contributed by atoms with Gasteiger partial charge in [0.2, 0.25) is 0 Å². The van der Waals surface area contributed by atoms with Crippen LogP contribution in [0.3, 0.4) is 0 Å². The number of benzene rings is 1. The quantitative estimate of drug-likeness (QED) is 0.788. The smallest absolute Gasteiger partial charge is 0.130 e. The summed E-state index contributed by atoms with van der Waals surface area (Å²) in [6, 6.07) is 7.70. The number of hydrogen-bond acceptors (Lipinski definition) is 3. The first-order valence-electron chi connectivity index (χ1n) is 5.40. The monoisotopic (exact) mass is 217 g/mol. The molecule has 0 aliphatic carbocycles. The molecule has 1 aromatic carbocycles. The maximum Gasteiger partial charge on any atom is 0.130 e. The van der Waals surface area contributed by atoms with Crippen molar-refractivity contribution >= 4 is 10.9 Å². The predicted molar refractivity (Wildman–Crippen MR) is 64.1 cm³/mol. The van der Waals surface area contributed by atoms with E-state index < -0.39 is 0 Å². The molecule has 0 aliphatic heterocycles. The molecule has 0 saturated carbocycles. The molecule has 16 heavy (non-hydrogen) atoms. The molecule has 0 bridgehead atoms. The Labute approximate surface area is 95.0 Å². The molecule has 84 valence electrons. The average molecular weight is 217 g/mol. The highest BCUT2D eigenvalue weighted by atomic mass is 16.5. The maximum absolute atomic E-state index is 5.66. The molecule has 0 N–H and O–H groups in total. The lowest BCUT2D eigenvalue weighted by Crippen LogP contribution is -1.96. The van der Waals surface area contributed by atoms with E-state index in [1.165, 1.54) is 0 Å². The number of pyridine rings is 1. The molecular weight excluding hydrogens is 202 g/mol. The van der Waals surface area contributed by atoms with Crippen molar-refractivity contribution in [1.82, 2.24) is 4.98 Å². The summed E-state index contributed by atoms with van der Waals surface area (Å²) in [7, 11) is 1.65. The van der Waals surface area contributed by atoms with Gasteiger partial charge in [-0.3, -0.25) is 4.98 Å². The molecule has 2 rings (SSSR count). The highest BCUT2D eigenvalue weighted by Gasteiger charge is 2.03. The van der Waals surface area contributed by atoms with Gasteiger partial charge in [0.05, 0.1) is 19.2 Å². The van der Waals surface area contributed by atoms with Gasteiger partial charge in [0, 0.05) is 17.6 Å². The molecule has 0 atom stereocenters. The Bertz CT molecular complexity index is 482. The number of fused-ring (bicyclic) bond motifs is 1. The lowest BCUT2D eigenvalue weighted by atomic mass is 10.2. The van der Waals surface area contributed by atoms with Crippen LogP contribution in [0.4, 0.5) is 0 Å². The first kappa shape index (κ1) is 10.7. The van der Waals surface area contributed by atoms with Crippen molar-refractivity contribution in [1.29, 1.82) is 0 Å². The van der Waals surface area contributed by atoms with Crippen LogP contribution in [0, 0.1) is 0 Å². The first-order valence-corrected chi connectivity index (χ1v) is 5.40. The second kappa shape index (κ2) is 4.84.